The van der Waals surface area contributed by atoms with Crippen LogP contribution in [0.2, 0.25) is 0 Å². The van der Waals surface area contributed by atoms with E-state index >= 15 is 0 Å². The highest BCUT2D eigenvalue weighted by atomic mass is 19.4. The molecule has 1 aromatic carbocycles. The predicted octanol–water partition coefficient (Wildman–Crippen LogP) is 3.28. The third-order valence-corrected chi connectivity index (χ3v) is 2.24. The SMILES string of the molecule is COc1cc(C(N)C(F)(F)F)ccc1C(F)(F)F. The molecule has 0 saturated carbocycles. The van der Waals surface area contributed by atoms with Gasteiger partial charge in [-0.15, -0.1) is 0 Å². The zero-order valence-corrected chi connectivity index (χ0v) is 9.06. The van der Waals surface area contributed by atoms with E-state index in [4.69, 9.17) is 5.73 Å². The van der Waals surface area contributed by atoms with Crippen LogP contribution in [0.15, 0.2) is 18.2 Å². The fourth-order valence-corrected chi connectivity index (χ4v) is 1.32. The summed E-state index contributed by atoms with van der Waals surface area (Å²) >= 11 is 0. The third kappa shape index (κ3) is 3.06. The van der Waals surface area contributed by atoms with Crippen molar-refractivity contribution in [1.82, 2.24) is 0 Å². The van der Waals surface area contributed by atoms with Crippen LogP contribution in [0.1, 0.15) is 17.2 Å². The van der Waals surface area contributed by atoms with Crippen LogP contribution in [0.5, 0.6) is 5.75 Å². The molecule has 2 nitrogen and oxygen atoms in total. The van der Waals surface area contributed by atoms with E-state index in [0.29, 0.717) is 18.2 Å². The van der Waals surface area contributed by atoms with Crippen molar-refractivity contribution in [2.75, 3.05) is 7.11 Å². The zero-order valence-electron chi connectivity index (χ0n) is 9.06. The molecular weight excluding hydrogens is 264 g/mol. The third-order valence-electron chi connectivity index (χ3n) is 2.24. The fraction of sp³-hybridized carbons (Fsp3) is 0.400. The Morgan fingerprint density at radius 3 is 2.06 bits per heavy atom. The molecule has 0 aromatic heterocycles. The summed E-state index contributed by atoms with van der Waals surface area (Å²) in [6.45, 7) is 0. The van der Waals surface area contributed by atoms with E-state index in [-0.39, 0.29) is 0 Å². The van der Waals surface area contributed by atoms with Crippen molar-refractivity contribution in [3.05, 3.63) is 29.3 Å². The number of rotatable bonds is 2. The second kappa shape index (κ2) is 4.68. The monoisotopic (exact) mass is 273 g/mol. The molecule has 1 aromatic rings. The summed E-state index contributed by atoms with van der Waals surface area (Å²) in [4.78, 5) is 0. The molecule has 0 aliphatic heterocycles. The number of hydrogen-bond acceptors (Lipinski definition) is 2. The maximum atomic E-state index is 12.5. The Balaban J connectivity index is 3.22. The van der Waals surface area contributed by atoms with Gasteiger partial charge in [0.1, 0.15) is 11.8 Å². The van der Waals surface area contributed by atoms with Gasteiger partial charge in [-0.2, -0.15) is 26.3 Å². The van der Waals surface area contributed by atoms with E-state index in [1.165, 1.54) is 0 Å². The van der Waals surface area contributed by atoms with E-state index in [1.807, 2.05) is 0 Å². The molecule has 102 valence electrons. The van der Waals surface area contributed by atoms with Crippen LogP contribution in [0.4, 0.5) is 26.3 Å². The van der Waals surface area contributed by atoms with Gasteiger partial charge in [0, 0.05) is 0 Å². The van der Waals surface area contributed by atoms with Gasteiger partial charge in [-0.05, 0) is 17.7 Å². The first-order chi connectivity index (χ1) is 8.07. The molecule has 8 heteroatoms. The van der Waals surface area contributed by atoms with Crippen molar-refractivity contribution in [3.63, 3.8) is 0 Å². The summed E-state index contributed by atoms with van der Waals surface area (Å²) in [5.74, 6) is -0.695. The second-order valence-electron chi connectivity index (χ2n) is 3.48. The molecule has 1 atom stereocenters. The average molecular weight is 273 g/mol. The number of nitrogens with two attached hydrogens (primary N) is 1. The van der Waals surface area contributed by atoms with Gasteiger partial charge in [0.05, 0.1) is 12.7 Å². The van der Waals surface area contributed by atoms with E-state index in [2.05, 4.69) is 4.74 Å². The van der Waals surface area contributed by atoms with E-state index in [0.717, 1.165) is 7.11 Å². The van der Waals surface area contributed by atoms with E-state index in [1.54, 1.807) is 0 Å². The Kier molecular flexibility index (Phi) is 3.80. The largest absolute Gasteiger partial charge is 0.496 e. The smallest absolute Gasteiger partial charge is 0.419 e. The van der Waals surface area contributed by atoms with E-state index in [9.17, 15) is 26.3 Å². The molecule has 0 heterocycles. The quantitative estimate of drug-likeness (QED) is 0.839. The van der Waals surface area contributed by atoms with Crippen LogP contribution >= 0.6 is 0 Å². The van der Waals surface area contributed by atoms with Crippen molar-refractivity contribution < 1.29 is 31.1 Å². The van der Waals surface area contributed by atoms with Crippen molar-refractivity contribution in [1.29, 1.82) is 0 Å². The van der Waals surface area contributed by atoms with Gasteiger partial charge in [0.25, 0.3) is 0 Å². The van der Waals surface area contributed by atoms with Gasteiger partial charge in [0.15, 0.2) is 0 Å². The highest BCUT2D eigenvalue weighted by molar-refractivity contribution is 5.40. The summed E-state index contributed by atoms with van der Waals surface area (Å²) in [6, 6.07) is -0.516. The first-order valence-corrected chi connectivity index (χ1v) is 4.64. The molecule has 0 aliphatic carbocycles. The molecule has 0 saturated heterocycles. The zero-order chi connectivity index (χ0) is 14.1. The van der Waals surface area contributed by atoms with Crippen molar-refractivity contribution in [2.45, 2.75) is 18.4 Å². The summed E-state index contributed by atoms with van der Waals surface area (Å²) in [7, 11) is 0.938. The van der Waals surface area contributed by atoms with Crippen molar-refractivity contribution >= 4 is 0 Å². The minimum absolute atomic E-state index is 0.493. The number of benzene rings is 1. The summed E-state index contributed by atoms with van der Waals surface area (Å²) in [6.07, 6.45) is -9.43. The Morgan fingerprint density at radius 2 is 1.67 bits per heavy atom. The molecule has 0 bridgehead atoms. The Hall–Kier alpha value is -1.44. The number of ether oxygens (including phenoxy) is 1. The molecule has 0 spiro atoms. The van der Waals surface area contributed by atoms with Gasteiger partial charge in [-0.25, -0.2) is 0 Å². The fourth-order valence-electron chi connectivity index (χ4n) is 1.32. The molecule has 2 N–H and O–H groups in total. The van der Waals surface area contributed by atoms with Crippen LogP contribution in [0.25, 0.3) is 0 Å². The molecule has 0 amide bonds. The van der Waals surface area contributed by atoms with E-state index < -0.39 is 35.3 Å². The minimum atomic E-state index is -4.73. The lowest BCUT2D eigenvalue weighted by atomic mass is 10.0. The Labute approximate surface area is 98.3 Å². The Bertz CT molecular complexity index is 425. The normalized spacial score (nSPS) is 14.4. The van der Waals surface area contributed by atoms with Crippen LogP contribution in [0, 0.1) is 0 Å². The lowest BCUT2D eigenvalue weighted by molar-refractivity contribution is -0.149. The summed E-state index contributed by atoms with van der Waals surface area (Å²) in [5, 5.41) is 0. The lowest BCUT2D eigenvalue weighted by Crippen LogP contribution is -2.28. The minimum Gasteiger partial charge on any atom is -0.496 e. The average Bonchev–Trinajstić information content (AvgIpc) is 2.24. The number of hydrogen-bond donors (Lipinski definition) is 1. The highest BCUT2D eigenvalue weighted by Gasteiger charge is 2.40. The van der Waals surface area contributed by atoms with Gasteiger partial charge < -0.3 is 10.5 Å². The van der Waals surface area contributed by atoms with Crippen molar-refractivity contribution in [3.8, 4) is 5.75 Å². The molecule has 1 unspecified atom stereocenters. The first kappa shape index (κ1) is 14.6. The van der Waals surface area contributed by atoms with Gasteiger partial charge in [-0.3, -0.25) is 0 Å². The van der Waals surface area contributed by atoms with Crippen LogP contribution in [-0.4, -0.2) is 13.3 Å². The summed E-state index contributed by atoms with van der Waals surface area (Å²) in [5.41, 5.74) is 3.25. The molecular formula is C10H9F6NO. The Morgan fingerprint density at radius 1 is 1.11 bits per heavy atom. The maximum Gasteiger partial charge on any atom is 0.419 e. The van der Waals surface area contributed by atoms with Crippen molar-refractivity contribution in [2.24, 2.45) is 5.73 Å². The van der Waals surface area contributed by atoms with Gasteiger partial charge in [0.2, 0.25) is 0 Å². The molecule has 1 rings (SSSR count). The molecule has 0 aliphatic rings. The standard InChI is InChI=1S/C10H9F6NO/c1-18-7-4-5(8(17)10(14,15)16)2-3-6(7)9(11,12)13/h2-4,8H,17H2,1H3. The maximum absolute atomic E-state index is 12.5. The van der Waals surface area contributed by atoms with Gasteiger partial charge >= 0.3 is 12.4 Å². The number of halogens is 6. The van der Waals surface area contributed by atoms with Crippen LogP contribution in [-0.2, 0) is 6.18 Å². The highest BCUT2D eigenvalue weighted by Crippen LogP contribution is 2.39. The molecule has 18 heavy (non-hydrogen) atoms. The topological polar surface area (TPSA) is 35.2 Å². The molecule has 0 radical (unpaired) electrons. The summed E-state index contributed by atoms with van der Waals surface area (Å²) < 4.78 is 78.8. The second-order valence-corrected chi connectivity index (χ2v) is 3.48. The van der Waals surface area contributed by atoms with Crippen LogP contribution in [0.3, 0.4) is 0 Å². The number of methoxy groups -OCH3 is 1. The van der Waals surface area contributed by atoms with Crippen LogP contribution < -0.4 is 10.5 Å². The molecule has 0 fully saturated rings. The van der Waals surface area contributed by atoms with Gasteiger partial charge in [-0.1, -0.05) is 6.07 Å². The number of alkyl halides is 6. The predicted molar refractivity (Wildman–Crippen MR) is 51.0 cm³/mol. The first-order valence-electron chi connectivity index (χ1n) is 4.64. The lowest BCUT2D eigenvalue weighted by Gasteiger charge is -2.18.